The Morgan fingerprint density at radius 2 is 2.00 bits per heavy atom. The minimum atomic E-state index is -0.0740. The predicted molar refractivity (Wildman–Crippen MR) is 114 cm³/mol. The van der Waals surface area contributed by atoms with Gasteiger partial charge in [0.15, 0.2) is 0 Å². The van der Waals surface area contributed by atoms with E-state index in [9.17, 15) is 9.59 Å². The molecule has 6 nitrogen and oxygen atoms in total. The zero-order chi connectivity index (χ0) is 20.1. The van der Waals surface area contributed by atoms with Crippen molar-refractivity contribution in [3.63, 3.8) is 0 Å². The van der Waals surface area contributed by atoms with E-state index in [-0.39, 0.29) is 23.1 Å². The second kappa shape index (κ2) is 9.58. The van der Waals surface area contributed by atoms with E-state index in [0.29, 0.717) is 13.1 Å². The molecule has 1 atom stereocenters. The summed E-state index contributed by atoms with van der Waals surface area (Å²) in [4.78, 5) is 31.2. The van der Waals surface area contributed by atoms with Crippen LogP contribution in [0.1, 0.15) is 48.2 Å². The van der Waals surface area contributed by atoms with E-state index in [2.05, 4.69) is 10.2 Å². The number of carbonyl (C=O) groups is 2. The molecule has 3 heterocycles. The highest BCUT2D eigenvalue weighted by Crippen LogP contribution is 2.48. The summed E-state index contributed by atoms with van der Waals surface area (Å²) in [5, 5.41) is 5.14. The first-order chi connectivity index (χ1) is 14.2. The SMILES string of the molecule is O=C(NCCCN1CCOCC1)C1CN(C(=O)c2cccs2)CC12CCCCC2. The summed E-state index contributed by atoms with van der Waals surface area (Å²) in [7, 11) is 0. The van der Waals surface area contributed by atoms with Gasteiger partial charge in [0.25, 0.3) is 5.91 Å². The third-order valence-corrected chi connectivity index (χ3v) is 7.74. The molecule has 7 heteroatoms. The van der Waals surface area contributed by atoms with Crippen molar-refractivity contribution in [3.05, 3.63) is 22.4 Å². The van der Waals surface area contributed by atoms with Crippen LogP contribution in [0.4, 0.5) is 0 Å². The van der Waals surface area contributed by atoms with Crippen LogP contribution in [0, 0.1) is 11.3 Å². The van der Waals surface area contributed by atoms with Gasteiger partial charge in [0.2, 0.25) is 5.91 Å². The number of carbonyl (C=O) groups excluding carboxylic acids is 2. The van der Waals surface area contributed by atoms with Gasteiger partial charge in [-0.25, -0.2) is 0 Å². The Morgan fingerprint density at radius 1 is 1.21 bits per heavy atom. The topological polar surface area (TPSA) is 61.9 Å². The van der Waals surface area contributed by atoms with Gasteiger partial charge in [-0.1, -0.05) is 25.3 Å². The number of hydrogen-bond acceptors (Lipinski definition) is 5. The first kappa shape index (κ1) is 20.8. The van der Waals surface area contributed by atoms with Crippen LogP contribution in [-0.4, -0.2) is 74.1 Å². The minimum Gasteiger partial charge on any atom is -0.379 e. The summed E-state index contributed by atoms with van der Waals surface area (Å²) >= 11 is 1.49. The molecule has 160 valence electrons. The maximum atomic E-state index is 13.1. The van der Waals surface area contributed by atoms with Crippen LogP contribution in [0.3, 0.4) is 0 Å². The Labute approximate surface area is 177 Å². The van der Waals surface area contributed by atoms with E-state index in [1.165, 1.54) is 30.6 Å². The highest BCUT2D eigenvalue weighted by molar-refractivity contribution is 7.12. The first-order valence-corrected chi connectivity index (χ1v) is 12.0. The molecule has 2 aliphatic heterocycles. The molecule has 1 spiro atoms. The number of nitrogens with zero attached hydrogens (tertiary/aromatic N) is 2. The summed E-state index contributed by atoms with van der Waals surface area (Å²) in [6.45, 7) is 6.60. The van der Waals surface area contributed by atoms with E-state index >= 15 is 0 Å². The van der Waals surface area contributed by atoms with E-state index in [0.717, 1.165) is 63.5 Å². The molecule has 29 heavy (non-hydrogen) atoms. The Bertz CT molecular complexity index is 681. The van der Waals surface area contributed by atoms with Gasteiger partial charge in [-0.3, -0.25) is 14.5 Å². The van der Waals surface area contributed by atoms with Gasteiger partial charge in [0.05, 0.1) is 24.0 Å². The maximum absolute atomic E-state index is 13.1. The van der Waals surface area contributed by atoms with Crippen molar-refractivity contribution in [1.82, 2.24) is 15.1 Å². The van der Waals surface area contributed by atoms with Gasteiger partial charge in [0.1, 0.15) is 0 Å². The third-order valence-electron chi connectivity index (χ3n) is 6.89. The monoisotopic (exact) mass is 419 g/mol. The lowest BCUT2D eigenvalue weighted by Gasteiger charge is -2.37. The average molecular weight is 420 g/mol. The smallest absolute Gasteiger partial charge is 0.263 e. The van der Waals surface area contributed by atoms with Crippen LogP contribution in [0.5, 0.6) is 0 Å². The molecule has 0 aromatic carbocycles. The van der Waals surface area contributed by atoms with Gasteiger partial charge >= 0.3 is 0 Å². The number of hydrogen-bond donors (Lipinski definition) is 1. The fourth-order valence-corrected chi connectivity index (χ4v) is 5.96. The number of morpholine rings is 1. The maximum Gasteiger partial charge on any atom is 0.263 e. The normalized spacial score (nSPS) is 24.7. The molecular weight excluding hydrogens is 386 g/mol. The highest BCUT2D eigenvalue weighted by atomic mass is 32.1. The van der Waals surface area contributed by atoms with Crippen LogP contribution in [0.25, 0.3) is 0 Å². The number of ether oxygens (including phenoxy) is 1. The largest absolute Gasteiger partial charge is 0.379 e. The number of thiophene rings is 1. The van der Waals surface area contributed by atoms with Crippen molar-refractivity contribution in [2.24, 2.45) is 11.3 Å². The number of nitrogens with one attached hydrogen (secondary N) is 1. The predicted octanol–water partition coefficient (Wildman–Crippen LogP) is 2.61. The number of amides is 2. The molecule has 1 unspecified atom stereocenters. The van der Waals surface area contributed by atoms with Gasteiger partial charge in [-0.2, -0.15) is 0 Å². The van der Waals surface area contributed by atoms with E-state index in [1.807, 2.05) is 22.4 Å². The molecule has 0 radical (unpaired) electrons. The van der Waals surface area contributed by atoms with Crippen molar-refractivity contribution < 1.29 is 14.3 Å². The fraction of sp³-hybridized carbons (Fsp3) is 0.727. The lowest BCUT2D eigenvalue weighted by atomic mass is 9.67. The zero-order valence-electron chi connectivity index (χ0n) is 17.2. The Hall–Kier alpha value is -1.44. The lowest BCUT2D eigenvalue weighted by Crippen LogP contribution is -2.43. The second-order valence-electron chi connectivity index (χ2n) is 8.74. The Kier molecular flexibility index (Phi) is 6.88. The van der Waals surface area contributed by atoms with Crippen molar-refractivity contribution in [1.29, 1.82) is 0 Å². The standard InChI is InChI=1S/C22H33N3O3S/c26-20(23-9-5-10-24-11-13-28-14-12-24)18-16-25(21(27)19-6-4-15-29-19)17-22(18)7-2-1-3-8-22/h4,6,15,18H,1-3,5,7-14,16-17H2,(H,23,26). The number of likely N-dealkylation sites (tertiary alicyclic amines) is 1. The highest BCUT2D eigenvalue weighted by Gasteiger charge is 2.51. The quantitative estimate of drug-likeness (QED) is 0.720. The lowest BCUT2D eigenvalue weighted by molar-refractivity contribution is -0.128. The van der Waals surface area contributed by atoms with Crippen molar-refractivity contribution in [2.45, 2.75) is 38.5 Å². The molecule has 4 rings (SSSR count). The van der Waals surface area contributed by atoms with Gasteiger partial charge in [-0.05, 0) is 37.3 Å². The summed E-state index contributed by atoms with van der Waals surface area (Å²) < 4.78 is 5.39. The third kappa shape index (κ3) is 4.84. The minimum absolute atomic E-state index is 0.0283. The van der Waals surface area contributed by atoms with Crippen LogP contribution in [-0.2, 0) is 9.53 Å². The van der Waals surface area contributed by atoms with Gasteiger partial charge in [0, 0.05) is 38.1 Å². The van der Waals surface area contributed by atoms with Crippen LogP contribution >= 0.6 is 11.3 Å². The first-order valence-electron chi connectivity index (χ1n) is 11.1. The molecule has 1 aromatic heterocycles. The van der Waals surface area contributed by atoms with Crippen molar-refractivity contribution in [2.75, 3.05) is 52.5 Å². The van der Waals surface area contributed by atoms with Crippen LogP contribution < -0.4 is 5.32 Å². The molecule has 1 aromatic rings. The zero-order valence-corrected chi connectivity index (χ0v) is 18.1. The van der Waals surface area contributed by atoms with E-state index < -0.39 is 0 Å². The molecule has 2 amide bonds. The molecular formula is C22H33N3O3S. The van der Waals surface area contributed by atoms with Crippen LogP contribution in [0.15, 0.2) is 17.5 Å². The summed E-state index contributed by atoms with van der Waals surface area (Å²) in [5.74, 6) is 0.165. The molecule has 0 bridgehead atoms. The Morgan fingerprint density at radius 3 is 2.72 bits per heavy atom. The summed E-state index contributed by atoms with van der Waals surface area (Å²) in [5.41, 5.74) is -0.0283. The molecule has 1 aliphatic carbocycles. The molecule has 1 saturated carbocycles. The summed E-state index contributed by atoms with van der Waals surface area (Å²) in [6, 6.07) is 3.81. The Balaban J connectivity index is 1.34. The van der Waals surface area contributed by atoms with E-state index in [4.69, 9.17) is 4.74 Å². The van der Waals surface area contributed by atoms with Gasteiger partial charge < -0.3 is 15.0 Å². The average Bonchev–Trinajstić information content (AvgIpc) is 3.41. The van der Waals surface area contributed by atoms with Gasteiger partial charge in [-0.15, -0.1) is 11.3 Å². The molecule has 3 fully saturated rings. The fourth-order valence-electron chi connectivity index (χ4n) is 5.27. The van der Waals surface area contributed by atoms with Crippen molar-refractivity contribution in [3.8, 4) is 0 Å². The van der Waals surface area contributed by atoms with E-state index in [1.54, 1.807) is 0 Å². The van der Waals surface area contributed by atoms with Crippen molar-refractivity contribution >= 4 is 23.2 Å². The molecule has 2 saturated heterocycles. The summed E-state index contributed by atoms with van der Waals surface area (Å²) in [6.07, 6.45) is 6.67. The molecule has 1 N–H and O–H groups in total. The molecule has 3 aliphatic rings. The second-order valence-corrected chi connectivity index (χ2v) is 9.68. The number of rotatable bonds is 6. The van der Waals surface area contributed by atoms with Crippen LogP contribution in [0.2, 0.25) is 0 Å².